The van der Waals surface area contributed by atoms with Gasteiger partial charge in [0.05, 0.1) is 19.3 Å². The molecule has 0 bridgehead atoms. The van der Waals surface area contributed by atoms with E-state index in [1.165, 1.54) is 12.1 Å². The molecule has 1 fully saturated rings. The van der Waals surface area contributed by atoms with Crippen LogP contribution in [0.5, 0.6) is 0 Å². The highest BCUT2D eigenvalue weighted by molar-refractivity contribution is 5.19. The largest absolute Gasteiger partial charge is 0.371 e. The topological polar surface area (TPSA) is 56.1 Å². The van der Waals surface area contributed by atoms with E-state index in [-0.39, 0.29) is 11.9 Å². The van der Waals surface area contributed by atoms with Gasteiger partial charge in [0.2, 0.25) is 0 Å². The van der Waals surface area contributed by atoms with Crippen molar-refractivity contribution in [3.05, 3.63) is 41.5 Å². The van der Waals surface area contributed by atoms with Gasteiger partial charge in [-0.2, -0.15) is 0 Å². The SMILES string of the molecule is CCCCn1nnnc1CN1CCO[C@H](c2ccc(F)cc2)C1. The van der Waals surface area contributed by atoms with E-state index in [0.29, 0.717) is 13.2 Å². The van der Waals surface area contributed by atoms with Crippen LogP contribution in [0.2, 0.25) is 0 Å². The minimum Gasteiger partial charge on any atom is -0.371 e. The monoisotopic (exact) mass is 319 g/mol. The first kappa shape index (κ1) is 16.0. The Morgan fingerprint density at radius 3 is 2.91 bits per heavy atom. The Kier molecular flexibility index (Phi) is 5.30. The van der Waals surface area contributed by atoms with Gasteiger partial charge in [0.1, 0.15) is 5.82 Å². The Morgan fingerprint density at radius 1 is 1.30 bits per heavy atom. The highest BCUT2D eigenvalue weighted by Gasteiger charge is 2.23. The first-order valence-corrected chi connectivity index (χ1v) is 8.10. The average molecular weight is 319 g/mol. The first-order valence-electron chi connectivity index (χ1n) is 8.10. The third kappa shape index (κ3) is 4.11. The van der Waals surface area contributed by atoms with Crippen molar-refractivity contribution < 1.29 is 9.13 Å². The van der Waals surface area contributed by atoms with Gasteiger partial charge in [-0.15, -0.1) is 5.10 Å². The zero-order valence-corrected chi connectivity index (χ0v) is 13.4. The predicted molar refractivity (Wildman–Crippen MR) is 83.1 cm³/mol. The van der Waals surface area contributed by atoms with Crippen LogP contribution in [0, 0.1) is 5.82 Å². The molecule has 0 N–H and O–H groups in total. The van der Waals surface area contributed by atoms with Gasteiger partial charge in [-0.1, -0.05) is 25.5 Å². The average Bonchev–Trinajstić information content (AvgIpc) is 3.01. The molecule has 1 aliphatic heterocycles. The molecular weight excluding hydrogens is 297 g/mol. The second kappa shape index (κ2) is 7.61. The molecule has 1 aromatic carbocycles. The predicted octanol–water partition coefficient (Wildman–Crippen LogP) is 2.19. The van der Waals surface area contributed by atoms with E-state index < -0.39 is 0 Å². The molecule has 1 aliphatic rings. The second-order valence-electron chi connectivity index (χ2n) is 5.82. The number of hydrogen-bond donors (Lipinski definition) is 0. The minimum atomic E-state index is -0.225. The fourth-order valence-corrected chi connectivity index (χ4v) is 2.74. The highest BCUT2D eigenvalue weighted by Crippen LogP contribution is 2.23. The molecular formula is C16H22FN5O. The lowest BCUT2D eigenvalue weighted by Gasteiger charge is -2.32. The summed E-state index contributed by atoms with van der Waals surface area (Å²) in [4.78, 5) is 2.28. The third-order valence-corrected chi connectivity index (χ3v) is 4.09. The number of hydrogen-bond acceptors (Lipinski definition) is 5. The van der Waals surface area contributed by atoms with Crippen molar-refractivity contribution in [3.8, 4) is 0 Å². The van der Waals surface area contributed by atoms with Crippen molar-refractivity contribution in [3.63, 3.8) is 0 Å². The Balaban J connectivity index is 1.62. The van der Waals surface area contributed by atoms with E-state index in [4.69, 9.17) is 4.74 Å². The maximum atomic E-state index is 13.1. The second-order valence-corrected chi connectivity index (χ2v) is 5.82. The molecule has 3 rings (SSSR count). The third-order valence-electron chi connectivity index (χ3n) is 4.09. The van der Waals surface area contributed by atoms with E-state index in [0.717, 1.165) is 43.9 Å². The molecule has 0 amide bonds. The van der Waals surface area contributed by atoms with Crippen LogP contribution >= 0.6 is 0 Å². The molecule has 2 aromatic rings. The molecule has 0 saturated carbocycles. The molecule has 23 heavy (non-hydrogen) atoms. The molecule has 0 aliphatic carbocycles. The van der Waals surface area contributed by atoms with Crippen molar-refractivity contribution in [1.82, 2.24) is 25.1 Å². The summed E-state index contributed by atoms with van der Waals surface area (Å²) in [6, 6.07) is 6.52. The zero-order valence-electron chi connectivity index (χ0n) is 13.4. The van der Waals surface area contributed by atoms with Crippen molar-refractivity contribution in [2.75, 3.05) is 19.7 Å². The maximum Gasteiger partial charge on any atom is 0.165 e. The number of aryl methyl sites for hydroxylation is 1. The number of rotatable bonds is 6. The highest BCUT2D eigenvalue weighted by atomic mass is 19.1. The molecule has 124 valence electrons. The van der Waals surface area contributed by atoms with Gasteiger partial charge in [0.25, 0.3) is 0 Å². The Morgan fingerprint density at radius 2 is 2.13 bits per heavy atom. The molecule has 6 nitrogen and oxygen atoms in total. The van der Waals surface area contributed by atoms with E-state index >= 15 is 0 Å². The molecule has 7 heteroatoms. The lowest BCUT2D eigenvalue weighted by atomic mass is 10.1. The van der Waals surface area contributed by atoms with Crippen LogP contribution in [-0.2, 0) is 17.8 Å². The summed E-state index contributed by atoms with van der Waals surface area (Å²) in [5.41, 5.74) is 1.00. The summed E-state index contributed by atoms with van der Waals surface area (Å²) in [6.45, 7) is 5.96. The standard InChI is InChI=1S/C16H22FN5O/c1-2-3-8-22-16(18-19-20-22)12-21-9-10-23-15(11-21)13-4-6-14(17)7-5-13/h4-7,15H,2-3,8-12H2,1H3/t15-/m0/s1. The summed E-state index contributed by atoms with van der Waals surface area (Å²) in [5, 5.41) is 12.0. The minimum absolute atomic E-state index is 0.0377. The number of ether oxygens (including phenoxy) is 1. The van der Waals surface area contributed by atoms with Gasteiger partial charge in [0.15, 0.2) is 5.82 Å². The number of halogens is 1. The van der Waals surface area contributed by atoms with Crippen LogP contribution in [-0.4, -0.2) is 44.8 Å². The van der Waals surface area contributed by atoms with Crippen LogP contribution in [0.1, 0.15) is 37.3 Å². The van der Waals surface area contributed by atoms with Crippen LogP contribution in [0.25, 0.3) is 0 Å². The first-order chi connectivity index (χ1) is 11.3. The van der Waals surface area contributed by atoms with Gasteiger partial charge in [0, 0.05) is 19.6 Å². The van der Waals surface area contributed by atoms with Crippen molar-refractivity contribution in [2.45, 2.75) is 39.0 Å². The fourth-order valence-electron chi connectivity index (χ4n) is 2.74. The van der Waals surface area contributed by atoms with Crippen molar-refractivity contribution >= 4 is 0 Å². The molecule has 1 saturated heterocycles. The number of benzene rings is 1. The fraction of sp³-hybridized carbons (Fsp3) is 0.562. The van der Waals surface area contributed by atoms with Gasteiger partial charge < -0.3 is 4.74 Å². The van der Waals surface area contributed by atoms with Crippen LogP contribution < -0.4 is 0 Å². The molecule has 1 atom stereocenters. The van der Waals surface area contributed by atoms with Gasteiger partial charge in [-0.25, -0.2) is 9.07 Å². The van der Waals surface area contributed by atoms with E-state index in [1.807, 2.05) is 4.68 Å². The maximum absolute atomic E-state index is 13.1. The van der Waals surface area contributed by atoms with E-state index in [9.17, 15) is 4.39 Å². The number of tetrazole rings is 1. The Bertz CT molecular complexity index is 615. The number of aromatic nitrogens is 4. The number of morpholine rings is 1. The lowest BCUT2D eigenvalue weighted by molar-refractivity contribution is -0.0340. The van der Waals surface area contributed by atoms with E-state index in [2.05, 4.69) is 27.3 Å². The summed E-state index contributed by atoms with van der Waals surface area (Å²) < 4.78 is 20.8. The molecule has 0 unspecified atom stereocenters. The van der Waals surface area contributed by atoms with Gasteiger partial charge in [-0.05, 0) is 34.5 Å². The Labute approximate surface area is 135 Å². The van der Waals surface area contributed by atoms with Crippen molar-refractivity contribution in [2.24, 2.45) is 0 Å². The summed E-state index contributed by atoms with van der Waals surface area (Å²) >= 11 is 0. The van der Waals surface area contributed by atoms with Crippen molar-refractivity contribution in [1.29, 1.82) is 0 Å². The molecule has 1 aromatic heterocycles. The van der Waals surface area contributed by atoms with Crippen LogP contribution in [0.15, 0.2) is 24.3 Å². The quantitative estimate of drug-likeness (QED) is 0.817. The Hall–Kier alpha value is -1.86. The number of nitrogens with zero attached hydrogens (tertiary/aromatic N) is 5. The molecule has 0 radical (unpaired) electrons. The normalized spacial score (nSPS) is 19.1. The van der Waals surface area contributed by atoms with E-state index in [1.54, 1.807) is 12.1 Å². The van der Waals surface area contributed by atoms with Crippen LogP contribution in [0.4, 0.5) is 4.39 Å². The van der Waals surface area contributed by atoms with Crippen LogP contribution in [0.3, 0.4) is 0 Å². The smallest absolute Gasteiger partial charge is 0.165 e. The lowest BCUT2D eigenvalue weighted by Crippen LogP contribution is -2.38. The van der Waals surface area contributed by atoms with Gasteiger partial charge in [-0.3, -0.25) is 4.90 Å². The summed E-state index contributed by atoms with van der Waals surface area (Å²) in [6.07, 6.45) is 2.15. The molecule has 2 heterocycles. The summed E-state index contributed by atoms with van der Waals surface area (Å²) in [7, 11) is 0. The van der Waals surface area contributed by atoms with Gasteiger partial charge >= 0.3 is 0 Å². The summed E-state index contributed by atoms with van der Waals surface area (Å²) in [5.74, 6) is 0.662. The number of unbranched alkanes of at least 4 members (excludes halogenated alkanes) is 1. The zero-order chi connectivity index (χ0) is 16.1. The molecule has 0 spiro atoms.